The first-order chi connectivity index (χ1) is 8.15. The Morgan fingerprint density at radius 3 is 2.44 bits per heavy atom. The minimum atomic E-state index is -3.56. The van der Waals surface area contributed by atoms with Crippen molar-refractivity contribution in [3.8, 4) is 0 Å². The van der Waals surface area contributed by atoms with Crippen LogP contribution in [0.2, 0.25) is 0 Å². The third kappa shape index (κ3) is 7.41. The predicted octanol–water partition coefficient (Wildman–Crippen LogP) is -0.0248. The summed E-state index contributed by atoms with van der Waals surface area (Å²) >= 11 is 0. The highest BCUT2D eigenvalue weighted by molar-refractivity contribution is 7.86. The minimum absolute atomic E-state index is 0.0680. The van der Waals surface area contributed by atoms with Crippen molar-refractivity contribution in [3.63, 3.8) is 0 Å². The molecule has 0 saturated carbocycles. The topological polar surface area (TPSA) is 75.7 Å². The van der Waals surface area contributed by atoms with Crippen molar-refractivity contribution in [2.75, 3.05) is 33.0 Å². The maximum Gasteiger partial charge on any atom is 0.268 e. The highest BCUT2D eigenvalue weighted by Gasteiger charge is 2.17. The van der Waals surface area contributed by atoms with Crippen molar-refractivity contribution >= 4 is 16.0 Å². The fourth-order valence-corrected chi connectivity index (χ4v) is 2.30. The highest BCUT2D eigenvalue weighted by Crippen LogP contribution is 2.00. The van der Waals surface area contributed by atoms with Crippen molar-refractivity contribution in [2.24, 2.45) is 0 Å². The monoisotopic (exact) mass is 278 g/mol. The van der Waals surface area contributed by atoms with Gasteiger partial charge < -0.3 is 10.2 Å². The first-order valence-corrected chi connectivity index (χ1v) is 7.20. The first kappa shape index (κ1) is 17.1. The van der Waals surface area contributed by atoms with E-state index in [1.165, 1.54) is 0 Å². The minimum Gasteiger partial charge on any atom is -0.350 e. The lowest BCUT2D eigenvalue weighted by molar-refractivity contribution is -0.117. The summed E-state index contributed by atoms with van der Waals surface area (Å²) in [4.78, 5) is 12.9. The van der Waals surface area contributed by atoms with Gasteiger partial charge in [-0.3, -0.25) is 8.98 Å². The Morgan fingerprint density at radius 2 is 2.00 bits per heavy atom. The van der Waals surface area contributed by atoms with Gasteiger partial charge in [0.1, 0.15) is 0 Å². The van der Waals surface area contributed by atoms with Gasteiger partial charge in [0.25, 0.3) is 10.1 Å². The van der Waals surface area contributed by atoms with Gasteiger partial charge in [-0.25, -0.2) is 0 Å². The van der Waals surface area contributed by atoms with Crippen molar-refractivity contribution in [1.29, 1.82) is 0 Å². The maximum absolute atomic E-state index is 11.5. The number of nitrogens with one attached hydrogen (secondary N) is 1. The number of amides is 1. The molecule has 0 aromatic rings. The zero-order chi connectivity index (χ0) is 14.3. The van der Waals surface area contributed by atoms with Crippen LogP contribution >= 0.6 is 0 Å². The number of carbonyl (C=O) groups excluding carboxylic acids is 1. The van der Waals surface area contributed by atoms with Crippen molar-refractivity contribution in [3.05, 3.63) is 12.2 Å². The summed E-state index contributed by atoms with van der Waals surface area (Å²) in [5, 5.41) is 2.49. The van der Waals surface area contributed by atoms with E-state index < -0.39 is 10.1 Å². The molecule has 0 rings (SSSR count). The van der Waals surface area contributed by atoms with Crippen LogP contribution in [0.15, 0.2) is 12.2 Å². The van der Waals surface area contributed by atoms with Crippen molar-refractivity contribution < 1.29 is 17.4 Å². The Kier molecular flexibility index (Phi) is 7.12. The van der Waals surface area contributed by atoms with Gasteiger partial charge in [-0.05, 0) is 27.9 Å². The molecule has 1 amide bonds. The molecule has 6 nitrogen and oxygen atoms in total. The molecule has 106 valence electrons. The largest absolute Gasteiger partial charge is 0.350 e. The van der Waals surface area contributed by atoms with Crippen LogP contribution in [0.1, 0.15) is 13.8 Å². The van der Waals surface area contributed by atoms with E-state index in [1.807, 2.05) is 0 Å². The van der Waals surface area contributed by atoms with Crippen LogP contribution in [0, 0.1) is 0 Å². The molecule has 1 unspecified atom stereocenters. The average Bonchev–Trinajstić information content (AvgIpc) is 2.23. The van der Waals surface area contributed by atoms with Crippen LogP contribution in [0.5, 0.6) is 0 Å². The molecule has 0 aromatic heterocycles. The molecule has 0 aliphatic rings. The number of carbonyl (C=O) groups is 1. The van der Waals surface area contributed by atoms with E-state index in [4.69, 9.17) is 4.18 Å². The normalized spacial score (nSPS) is 13.4. The molecule has 0 saturated heterocycles. The molecule has 0 spiro atoms. The van der Waals surface area contributed by atoms with Gasteiger partial charge in [0.2, 0.25) is 5.91 Å². The quantitative estimate of drug-likeness (QED) is 0.383. The number of rotatable bonds is 8. The molecular formula is C11H22N2O4S. The molecule has 0 bridgehead atoms. The third-order valence-corrected chi connectivity index (χ3v) is 3.78. The van der Waals surface area contributed by atoms with Gasteiger partial charge in [0.15, 0.2) is 0 Å². The maximum atomic E-state index is 11.5. The Morgan fingerprint density at radius 1 is 1.44 bits per heavy atom. The van der Waals surface area contributed by atoms with Crippen LogP contribution in [-0.4, -0.2) is 58.3 Å². The second-order valence-corrected chi connectivity index (χ2v) is 6.08. The highest BCUT2D eigenvalue weighted by atomic mass is 32.2. The Bertz CT molecular complexity index is 390. The van der Waals surface area contributed by atoms with E-state index in [0.717, 1.165) is 0 Å². The summed E-state index contributed by atoms with van der Waals surface area (Å²) in [5.41, 5.74) is 0.374. The summed E-state index contributed by atoms with van der Waals surface area (Å²) in [6, 6.07) is -0.125. The average molecular weight is 278 g/mol. The molecule has 18 heavy (non-hydrogen) atoms. The molecule has 0 heterocycles. The number of hydrogen-bond acceptors (Lipinski definition) is 5. The lowest BCUT2D eigenvalue weighted by Gasteiger charge is -2.19. The second kappa shape index (κ2) is 7.50. The van der Waals surface area contributed by atoms with E-state index in [0.29, 0.717) is 5.57 Å². The lowest BCUT2D eigenvalue weighted by Crippen LogP contribution is -2.34. The fraction of sp³-hybridized carbons (Fsp3) is 0.727. The van der Waals surface area contributed by atoms with Crippen LogP contribution < -0.4 is 5.32 Å². The molecular weight excluding hydrogens is 256 g/mol. The smallest absolute Gasteiger partial charge is 0.268 e. The van der Waals surface area contributed by atoms with Crippen molar-refractivity contribution in [1.82, 2.24) is 10.2 Å². The molecule has 1 atom stereocenters. The number of nitrogens with zero attached hydrogens (tertiary/aromatic N) is 1. The Hall–Kier alpha value is -0.920. The van der Waals surface area contributed by atoms with Crippen LogP contribution in [0.3, 0.4) is 0 Å². The Labute approximate surface area is 109 Å². The molecule has 0 aliphatic carbocycles. The third-order valence-electron chi connectivity index (χ3n) is 2.37. The van der Waals surface area contributed by atoms with E-state index in [1.54, 1.807) is 32.8 Å². The molecule has 0 fully saturated rings. The first-order valence-electron chi connectivity index (χ1n) is 5.63. The SMILES string of the molecule is C=C(C)C(=O)NCCOS(=O)(=O)CC(C)N(C)C. The summed E-state index contributed by atoms with van der Waals surface area (Å²) in [6.45, 7) is 6.91. The van der Waals surface area contributed by atoms with E-state index >= 15 is 0 Å². The standard InChI is InChI=1S/C11H22N2O4S/c1-9(2)11(14)12-6-7-17-18(15,16)8-10(3)13(4)5/h10H,1,6-8H2,2-5H3,(H,12,14). The van der Waals surface area contributed by atoms with E-state index in [2.05, 4.69) is 11.9 Å². The summed E-state index contributed by atoms with van der Waals surface area (Å²) < 4.78 is 27.9. The van der Waals surface area contributed by atoms with Crippen LogP contribution in [0.25, 0.3) is 0 Å². The van der Waals surface area contributed by atoms with E-state index in [-0.39, 0.29) is 30.9 Å². The number of hydrogen-bond donors (Lipinski definition) is 1. The van der Waals surface area contributed by atoms with Gasteiger partial charge in [-0.2, -0.15) is 8.42 Å². The summed E-state index contributed by atoms with van der Waals surface area (Å²) in [7, 11) is 0.0383. The van der Waals surface area contributed by atoms with Crippen LogP contribution in [-0.2, 0) is 19.1 Å². The van der Waals surface area contributed by atoms with Gasteiger partial charge in [0, 0.05) is 18.2 Å². The van der Waals surface area contributed by atoms with E-state index in [9.17, 15) is 13.2 Å². The summed E-state index contributed by atoms with van der Waals surface area (Å²) in [6.07, 6.45) is 0. The van der Waals surface area contributed by atoms with Gasteiger partial charge in [0.05, 0.1) is 12.4 Å². The van der Waals surface area contributed by atoms with Gasteiger partial charge >= 0.3 is 0 Å². The molecule has 7 heteroatoms. The zero-order valence-corrected chi connectivity index (χ0v) is 12.2. The molecule has 1 N–H and O–H groups in total. The van der Waals surface area contributed by atoms with Gasteiger partial charge in [-0.1, -0.05) is 6.58 Å². The van der Waals surface area contributed by atoms with Crippen molar-refractivity contribution in [2.45, 2.75) is 19.9 Å². The predicted molar refractivity (Wildman–Crippen MR) is 70.7 cm³/mol. The fourth-order valence-electron chi connectivity index (χ4n) is 0.977. The summed E-state index contributed by atoms with van der Waals surface area (Å²) in [5.74, 6) is -0.383. The molecule has 0 aromatic carbocycles. The zero-order valence-electron chi connectivity index (χ0n) is 11.4. The molecule has 0 radical (unpaired) electrons. The van der Waals surface area contributed by atoms with Gasteiger partial charge in [-0.15, -0.1) is 0 Å². The Balaban J connectivity index is 3.99. The lowest BCUT2D eigenvalue weighted by atomic mass is 10.3. The van der Waals surface area contributed by atoms with Crippen LogP contribution in [0.4, 0.5) is 0 Å². The second-order valence-electron chi connectivity index (χ2n) is 4.40. The molecule has 0 aliphatic heterocycles.